The summed E-state index contributed by atoms with van der Waals surface area (Å²) in [6.45, 7) is 2.33. The lowest BCUT2D eigenvalue weighted by Crippen LogP contribution is -2.42. The third-order valence-electron chi connectivity index (χ3n) is 5.60. The number of ether oxygens (including phenoxy) is 1. The smallest absolute Gasteiger partial charge is 0.255 e. The zero-order valence-corrected chi connectivity index (χ0v) is 17.1. The number of nitrogens with zero attached hydrogens (tertiary/aromatic N) is 5. The van der Waals surface area contributed by atoms with Crippen molar-refractivity contribution < 1.29 is 9.53 Å². The first-order valence-electron chi connectivity index (χ1n) is 10.4. The number of amides is 1. The Labute approximate surface area is 180 Å². The lowest BCUT2D eigenvalue weighted by Gasteiger charge is -2.33. The van der Waals surface area contributed by atoms with Gasteiger partial charge >= 0.3 is 0 Å². The summed E-state index contributed by atoms with van der Waals surface area (Å²) in [6.07, 6.45) is 7.70. The maximum atomic E-state index is 13.1. The largest absolute Gasteiger partial charge is 0.370 e. The first kappa shape index (κ1) is 19.4. The van der Waals surface area contributed by atoms with Crippen LogP contribution in [-0.2, 0) is 17.7 Å². The quantitative estimate of drug-likeness (QED) is 0.502. The molecule has 1 saturated heterocycles. The second-order valence-electron chi connectivity index (χ2n) is 7.64. The van der Waals surface area contributed by atoms with Crippen LogP contribution in [0.25, 0.3) is 11.2 Å². The Morgan fingerprint density at radius 1 is 1.10 bits per heavy atom. The number of hydrogen-bond donors (Lipinski definition) is 0. The Kier molecular flexibility index (Phi) is 5.41. The second-order valence-corrected chi connectivity index (χ2v) is 7.64. The van der Waals surface area contributed by atoms with E-state index in [0.29, 0.717) is 25.3 Å². The highest BCUT2D eigenvalue weighted by Crippen LogP contribution is 2.23. The molecule has 0 bridgehead atoms. The Morgan fingerprint density at radius 2 is 2.00 bits per heavy atom. The molecule has 4 heterocycles. The molecule has 1 atom stereocenters. The standard InChI is InChI=1S/C24H23N5O2/c30-24(28-11-12-31-22(16-28)19-7-4-9-25-14-19)20-13-21-23(26-15-20)29(17-27-21)10-8-18-5-2-1-3-6-18/h1-7,9,13-15,17,22H,8,10-12,16H2. The average molecular weight is 413 g/mol. The molecule has 4 aromatic rings. The predicted octanol–water partition coefficient (Wildman–Crippen LogP) is 3.28. The van der Waals surface area contributed by atoms with Crippen molar-refractivity contribution in [2.75, 3.05) is 19.7 Å². The second kappa shape index (κ2) is 8.65. The van der Waals surface area contributed by atoms with E-state index >= 15 is 0 Å². The van der Waals surface area contributed by atoms with Crippen LogP contribution < -0.4 is 0 Å². The molecule has 0 radical (unpaired) electrons. The van der Waals surface area contributed by atoms with Gasteiger partial charge < -0.3 is 14.2 Å². The number of carbonyl (C=O) groups excluding carboxylic acids is 1. The molecule has 0 aliphatic carbocycles. The third-order valence-corrected chi connectivity index (χ3v) is 5.60. The highest BCUT2D eigenvalue weighted by atomic mass is 16.5. The van der Waals surface area contributed by atoms with Crippen LogP contribution in [0.2, 0.25) is 0 Å². The van der Waals surface area contributed by atoms with Gasteiger partial charge in [0.25, 0.3) is 5.91 Å². The van der Waals surface area contributed by atoms with Gasteiger partial charge in [0.05, 0.1) is 25.0 Å². The van der Waals surface area contributed by atoms with Crippen molar-refractivity contribution in [3.05, 3.63) is 90.1 Å². The van der Waals surface area contributed by atoms with Crippen LogP contribution in [0.4, 0.5) is 0 Å². The van der Waals surface area contributed by atoms with E-state index < -0.39 is 0 Å². The summed E-state index contributed by atoms with van der Waals surface area (Å²) in [5.74, 6) is -0.0505. The van der Waals surface area contributed by atoms with Gasteiger partial charge in [-0.2, -0.15) is 0 Å². The number of hydrogen-bond acceptors (Lipinski definition) is 5. The van der Waals surface area contributed by atoms with Crippen LogP contribution in [0.15, 0.2) is 73.4 Å². The highest BCUT2D eigenvalue weighted by Gasteiger charge is 2.26. The van der Waals surface area contributed by atoms with E-state index in [1.807, 2.05) is 45.9 Å². The molecule has 31 heavy (non-hydrogen) atoms. The summed E-state index contributed by atoms with van der Waals surface area (Å²) >= 11 is 0. The van der Waals surface area contributed by atoms with Crippen molar-refractivity contribution in [3.8, 4) is 0 Å². The Morgan fingerprint density at radius 3 is 2.84 bits per heavy atom. The minimum Gasteiger partial charge on any atom is -0.370 e. The summed E-state index contributed by atoms with van der Waals surface area (Å²) in [7, 11) is 0. The monoisotopic (exact) mass is 413 g/mol. The van der Waals surface area contributed by atoms with Crippen molar-refractivity contribution in [3.63, 3.8) is 0 Å². The number of carbonyl (C=O) groups is 1. The van der Waals surface area contributed by atoms with E-state index in [1.54, 1.807) is 24.9 Å². The summed E-state index contributed by atoms with van der Waals surface area (Å²) in [5.41, 5.74) is 4.32. The van der Waals surface area contributed by atoms with E-state index in [-0.39, 0.29) is 12.0 Å². The molecule has 0 N–H and O–H groups in total. The molecular formula is C24H23N5O2. The SMILES string of the molecule is O=C(c1cnc2c(c1)ncn2CCc1ccccc1)N1CCOC(c2cccnc2)C1. The lowest BCUT2D eigenvalue weighted by molar-refractivity contribution is -0.0229. The van der Waals surface area contributed by atoms with E-state index in [2.05, 4.69) is 27.1 Å². The number of benzene rings is 1. The molecule has 0 saturated carbocycles. The van der Waals surface area contributed by atoms with Gasteiger partial charge in [-0.3, -0.25) is 9.78 Å². The molecule has 3 aromatic heterocycles. The van der Waals surface area contributed by atoms with Gasteiger partial charge in [0.2, 0.25) is 0 Å². The van der Waals surface area contributed by atoms with Crippen LogP contribution in [0.1, 0.15) is 27.6 Å². The Hall–Kier alpha value is -3.58. The molecule has 1 aromatic carbocycles. The van der Waals surface area contributed by atoms with Gasteiger partial charge in [-0.05, 0) is 24.1 Å². The van der Waals surface area contributed by atoms with Crippen molar-refractivity contribution in [1.29, 1.82) is 0 Å². The lowest BCUT2D eigenvalue weighted by atomic mass is 10.1. The summed E-state index contributed by atoms with van der Waals surface area (Å²) in [6, 6.07) is 16.0. The van der Waals surface area contributed by atoms with Crippen LogP contribution >= 0.6 is 0 Å². The maximum absolute atomic E-state index is 13.1. The number of imidazole rings is 1. The number of aryl methyl sites for hydroxylation is 2. The van der Waals surface area contributed by atoms with E-state index in [9.17, 15) is 4.79 Å². The van der Waals surface area contributed by atoms with Gasteiger partial charge in [0, 0.05) is 37.2 Å². The Bertz CT molecular complexity index is 1180. The molecule has 7 heteroatoms. The minimum atomic E-state index is -0.166. The van der Waals surface area contributed by atoms with Crippen molar-refractivity contribution in [2.45, 2.75) is 19.1 Å². The van der Waals surface area contributed by atoms with E-state index in [0.717, 1.165) is 29.7 Å². The fourth-order valence-corrected chi connectivity index (χ4v) is 3.91. The number of pyridine rings is 2. The Balaban J connectivity index is 1.30. The van der Waals surface area contributed by atoms with E-state index in [4.69, 9.17) is 4.74 Å². The first-order chi connectivity index (χ1) is 15.3. The summed E-state index contributed by atoms with van der Waals surface area (Å²) < 4.78 is 7.88. The number of aromatic nitrogens is 4. The summed E-state index contributed by atoms with van der Waals surface area (Å²) in [5, 5.41) is 0. The molecule has 5 rings (SSSR count). The van der Waals surface area contributed by atoms with E-state index in [1.165, 1.54) is 5.56 Å². The minimum absolute atomic E-state index is 0.0505. The van der Waals surface area contributed by atoms with Crippen LogP contribution in [0, 0.1) is 0 Å². The van der Waals surface area contributed by atoms with Gasteiger partial charge in [-0.25, -0.2) is 9.97 Å². The van der Waals surface area contributed by atoms with Gasteiger partial charge in [0.15, 0.2) is 5.65 Å². The molecular weight excluding hydrogens is 390 g/mol. The number of fused-ring (bicyclic) bond motifs is 1. The van der Waals surface area contributed by atoms with Gasteiger partial charge in [0.1, 0.15) is 11.6 Å². The zero-order valence-electron chi connectivity index (χ0n) is 17.1. The first-order valence-corrected chi connectivity index (χ1v) is 10.4. The zero-order chi connectivity index (χ0) is 21.0. The maximum Gasteiger partial charge on any atom is 0.255 e. The fourth-order valence-electron chi connectivity index (χ4n) is 3.91. The molecule has 1 amide bonds. The molecule has 1 unspecified atom stereocenters. The third kappa shape index (κ3) is 4.18. The highest BCUT2D eigenvalue weighted by molar-refractivity contribution is 5.96. The molecule has 1 aliphatic heterocycles. The van der Waals surface area contributed by atoms with Crippen LogP contribution in [0.3, 0.4) is 0 Å². The predicted molar refractivity (Wildman–Crippen MR) is 117 cm³/mol. The normalized spacial score (nSPS) is 16.5. The van der Waals surface area contributed by atoms with Crippen LogP contribution in [-0.4, -0.2) is 50.0 Å². The number of morpholine rings is 1. The summed E-state index contributed by atoms with van der Waals surface area (Å²) in [4.78, 5) is 28.1. The average Bonchev–Trinajstić information content (AvgIpc) is 3.26. The van der Waals surface area contributed by atoms with Crippen molar-refractivity contribution in [1.82, 2.24) is 24.4 Å². The van der Waals surface area contributed by atoms with Gasteiger partial charge in [-0.15, -0.1) is 0 Å². The fraction of sp³-hybridized carbons (Fsp3) is 0.250. The molecule has 7 nitrogen and oxygen atoms in total. The molecule has 0 spiro atoms. The van der Waals surface area contributed by atoms with Crippen molar-refractivity contribution >= 4 is 17.1 Å². The van der Waals surface area contributed by atoms with Crippen LogP contribution in [0.5, 0.6) is 0 Å². The van der Waals surface area contributed by atoms with Gasteiger partial charge in [-0.1, -0.05) is 36.4 Å². The topological polar surface area (TPSA) is 73.1 Å². The molecule has 1 aliphatic rings. The molecule has 1 fully saturated rings. The van der Waals surface area contributed by atoms with Crippen molar-refractivity contribution in [2.24, 2.45) is 0 Å². The molecule has 156 valence electrons. The number of rotatable bonds is 5.